The number of nitrogens with zero attached hydrogens (tertiary/aromatic N) is 1. The third-order valence-corrected chi connectivity index (χ3v) is 4.47. The Kier molecular flexibility index (Phi) is 4.48. The molecular formula is C11H16FN3O3S. The summed E-state index contributed by atoms with van der Waals surface area (Å²) in [5, 5.41) is 2.29. The van der Waals surface area contributed by atoms with Crippen molar-refractivity contribution in [3.05, 3.63) is 23.5 Å². The number of amides is 1. The molecule has 0 aliphatic heterocycles. The summed E-state index contributed by atoms with van der Waals surface area (Å²) < 4.78 is 38.7. The van der Waals surface area contributed by atoms with Gasteiger partial charge >= 0.3 is 0 Å². The van der Waals surface area contributed by atoms with Crippen LogP contribution >= 0.6 is 0 Å². The number of nitrogens with one attached hydrogen (secondary N) is 1. The number of hydrogen-bond acceptors (Lipinski definition) is 4. The fourth-order valence-electron chi connectivity index (χ4n) is 1.40. The van der Waals surface area contributed by atoms with E-state index in [0.717, 1.165) is 16.4 Å². The molecule has 19 heavy (non-hydrogen) atoms. The van der Waals surface area contributed by atoms with Gasteiger partial charge in [-0.15, -0.1) is 0 Å². The molecule has 3 N–H and O–H groups in total. The third-order valence-electron chi connectivity index (χ3n) is 2.65. The molecule has 0 fully saturated rings. The van der Waals surface area contributed by atoms with Crippen LogP contribution < -0.4 is 11.1 Å². The second kappa shape index (κ2) is 5.54. The van der Waals surface area contributed by atoms with Gasteiger partial charge in [0.15, 0.2) is 0 Å². The standard InChI is InChI=1S/C11H16FN3O3S/c1-7-4-8(12)10(5-9(7)13)19(17,18)15(3)6-11(16)14-2/h4-5H,6,13H2,1-3H3,(H,14,16). The first-order chi connectivity index (χ1) is 8.70. The van der Waals surface area contributed by atoms with E-state index in [1.807, 2.05) is 0 Å². The number of hydrogen-bond donors (Lipinski definition) is 2. The Labute approximate surface area is 111 Å². The highest BCUT2D eigenvalue weighted by Crippen LogP contribution is 2.23. The van der Waals surface area contributed by atoms with Crippen LogP contribution in [0.5, 0.6) is 0 Å². The molecule has 0 heterocycles. The highest BCUT2D eigenvalue weighted by Gasteiger charge is 2.26. The number of anilines is 1. The molecule has 8 heteroatoms. The summed E-state index contributed by atoms with van der Waals surface area (Å²) in [7, 11) is -1.52. The summed E-state index contributed by atoms with van der Waals surface area (Å²) in [5.41, 5.74) is 6.21. The van der Waals surface area contributed by atoms with Crippen LogP contribution in [0.1, 0.15) is 5.56 Å². The molecule has 0 atom stereocenters. The summed E-state index contributed by atoms with van der Waals surface area (Å²) >= 11 is 0. The Morgan fingerprint density at radius 3 is 2.58 bits per heavy atom. The van der Waals surface area contributed by atoms with Gasteiger partial charge in [0, 0.05) is 19.8 Å². The Balaban J connectivity index is 3.20. The lowest BCUT2D eigenvalue weighted by Crippen LogP contribution is -2.37. The Morgan fingerprint density at radius 2 is 2.05 bits per heavy atom. The molecule has 1 aromatic rings. The molecule has 0 saturated heterocycles. The number of rotatable bonds is 4. The summed E-state index contributed by atoms with van der Waals surface area (Å²) in [6.07, 6.45) is 0. The normalized spacial score (nSPS) is 11.6. The number of nitrogen functional groups attached to an aromatic ring is 1. The number of likely N-dealkylation sites (N-methyl/N-ethyl adjacent to an activating group) is 2. The average molecular weight is 289 g/mol. The van der Waals surface area contributed by atoms with Crippen molar-refractivity contribution in [3.63, 3.8) is 0 Å². The SMILES string of the molecule is CNC(=O)CN(C)S(=O)(=O)c1cc(N)c(C)cc1F. The molecule has 0 spiro atoms. The minimum atomic E-state index is -4.10. The fraction of sp³-hybridized carbons (Fsp3) is 0.364. The van der Waals surface area contributed by atoms with Crippen LogP contribution in [0, 0.1) is 12.7 Å². The predicted molar refractivity (Wildman–Crippen MR) is 69.4 cm³/mol. The van der Waals surface area contributed by atoms with Crippen LogP contribution in [-0.4, -0.2) is 39.3 Å². The minimum absolute atomic E-state index is 0.174. The molecule has 1 amide bonds. The van der Waals surface area contributed by atoms with E-state index in [4.69, 9.17) is 5.73 Å². The lowest BCUT2D eigenvalue weighted by atomic mass is 10.2. The van der Waals surface area contributed by atoms with E-state index in [1.54, 1.807) is 6.92 Å². The maximum absolute atomic E-state index is 13.7. The molecule has 0 aliphatic rings. The Bertz CT molecular complexity index is 601. The number of benzene rings is 1. The monoisotopic (exact) mass is 289 g/mol. The van der Waals surface area contributed by atoms with Gasteiger partial charge in [-0.1, -0.05) is 0 Å². The van der Waals surface area contributed by atoms with Crippen LogP contribution in [0.25, 0.3) is 0 Å². The second-order valence-electron chi connectivity index (χ2n) is 4.07. The summed E-state index contributed by atoms with van der Waals surface area (Å²) in [5.74, 6) is -1.39. The van der Waals surface area contributed by atoms with E-state index in [2.05, 4.69) is 5.32 Å². The largest absolute Gasteiger partial charge is 0.398 e. The molecular weight excluding hydrogens is 273 g/mol. The lowest BCUT2D eigenvalue weighted by molar-refractivity contribution is -0.120. The molecule has 0 unspecified atom stereocenters. The zero-order chi connectivity index (χ0) is 14.8. The van der Waals surface area contributed by atoms with Gasteiger partial charge in [-0.2, -0.15) is 4.31 Å². The Hall–Kier alpha value is -1.67. The van der Waals surface area contributed by atoms with Crippen LogP contribution in [-0.2, 0) is 14.8 Å². The molecule has 1 aromatic carbocycles. The molecule has 0 aliphatic carbocycles. The minimum Gasteiger partial charge on any atom is -0.398 e. The highest BCUT2D eigenvalue weighted by atomic mass is 32.2. The number of halogens is 1. The van der Waals surface area contributed by atoms with E-state index in [1.165, 1.54) is 14.1 Å². The molecule has 106 valence electrons. The van der Waals surface area contributed by atoms with Crippen LogP contribution in [0.3, 0.4) is 0 Å². The second-order valence-corrected chi connectivity index (χ2v) is 6.09. The van der Waals surface area contributed by atoms with Crippen molar-refractivity contribution < 1.29 is 17.6 Å². The van der Waals surface area contributed by atoms with Crippen molar-refractivity contribution in [3.8, 4) is 0 Å². The number of sulfonamides is 1. The first-order valence-electron chi connectivity index (χ1n) is 5.42. The van der Waals surface area contributed by atoms with Crippen molar-refractivity contribution >= 4 is 21.6 Å². The van der Waals surface area contributed by atoms with E-state index >= 15 is 0 Å². The molecule has 6 nitrogen and oxygen atoms in total. The van der Waals surface area contributed by atoms with Crippen molar-refractivity contribution in [2.75, 3.05) is 26.4 Å². The first kappa shape index (κ1) is 15.4. The van der Waals surface area contributed by atoms with Gasteiger partial charge in [-0.05, 0) is 24.6 Å². The average Bonchev–Trinajstić information content (AvgIpc) is 2.33. The number of aryl methyl sites for hydroxylation is 1. The van der Waals surface area contributed by atoms with Crippen LogP contribution in [0.2, 0.25) is 0 Å². The molecule has 0 aromatic heterocycles. The van der Waals surface area contributed by atoms with Crippen LogP contribution in [0.15, 0.2) is 17.0 Å². The predicted octanol–water partition coefficient (Wildman–Crippen LogP) is 0.0828. The first-order valence-corrected chi connectivity index (χ1v) is 6.86. The zero-order valence-electron chi connectivity index (χ0n) is 10.9. The van der Waals surface area contributed by atoms with Gasteiger partial charge in [-0.25, -0.2) is 12.8 Å². The molecule has 0 radical (unpaired) electrons. The topological polar surface area (TPSA) is 92.5 Å². The van der Waals surface area contributed by atoms with Gasteiger partial charge in [0.1, 0.15) is 10.7 Å². The maximum Gasteiger partial charge on any atom is 0.246 e. The van der Waals surface area contributed by atoms with Crippen molar-refractivity contribution in [2.45, 2.75) is 11.8 Å². The quantitative estimate of drug-likeness (QED) is 0.768. The maximum atomic E-state index is 13.7. The molecule has 0 bridgehead atoms. The Morgan fingerprint density at radius 1 is 1.47 bits per heavy atom. The number of carbonyl (C=O) groups is 1. The molecule has 0 saturated carbocycles. The van der Waals surface area contributed by atoms with E-state index < -0.39 is 33.2 Å². The van der Waals surface area contributed by atoms with E-state index in [9.17, 15) is 17.6 Å². The zero-order valence-corrected chi connectivity index (χ0v) is 11.7. The number of carbonyl (C=O) groups excluding carboxylic acids is 1. The summed E-state index contributed by atoms with van der Waals surface area (Å²) in [6, 6.07) is 2.11. The van der Waals surface area contributed by atoms with Gasteiger partial charge in [-0.3, -0.25) is 4.79 Å². The van der Waals surface area contributed by atoms with Crippen molar-refractivity contribution in [1.29, 1.82) is 0 Å². The fourth-order valence-corrected chi connectivity index (χ4v) is 2.60. The van der Waals surface area contributed by atoms with Gasteiger partial charge in [0.2, 0.25) is 15.9 Å². The van der Waals surface area contributed by atoms with E-state index in [-0.39, 0.29) is 5.69 Å². The smallest absolute Gasteiger partial charge is 0.246 e. The lowest BCUT2D eigenvalue weighted by Gasteiger charge is -2.17. The summed E-state index contributed by atoms with van der Waals surface area (Å²) in [4.78, 5) is 10.6. The highest BCUT2D eigenvalue weighted by molar-refractivity contribution is 7.89. The number of nitrogens with two attached hydrogens (primary N) is 1. The van der Waals surface area contributed by atoms with Gasteiger partial charge in [0.25, 0.3) is 0 Å². The van der Waals surface area contributed by atoms with Gasteiger partial charge < -0.3 is 11.1 Å². The molecule has 1 rings (SSSR count). The summed E-state index contributed by atoms with van der Waals surface area (Å²) in [6.45, 7) is 1.18. The van der Waals surface area contributed by atoms with E-state index in [0.29, 0.717) is 5.56 Å². The van der Waals surface area contributed by atoms with Crippen molar-refractivity contribution in [1.82, 2.24) is 9.62 Å². The third kappa shape index (κ3) is 3.21. The van der Waals surface area contributed by atoms with Crippen molar-refractivity contribution in [2.24, 2.45) is 0 Å². The van der Waals surface area contributed by atoms with Gasteiger partial charge in [0.05, 0.1) is 6.54 Å². The van der Waals surface area contributed by atoms with Crippen LogP contribution in [0.4, 0.5) is 10.1 Å².